The van der Waals surface area contributed by atoms with Crippen LogP contribution in [0.1, 0.15) is 60.3 Å². The molecule has 2 atom stereocenters. The van der Waals surface area contributed by atoms with Crippen LogP contribution in [0.4, 0.5) is 0 Å². The van der Waals surface area contributed by atoms with E-state index in [1.54, 1.807) is 11.8 Å². The largest absolute Gasteiger partial charge is 0.346 e. The molecule has 5 nitrogen and oxygen atoms in total. The van der Waals surface area contributed by atoms with E-state index in [1.165, 1.54) is 16.7 Å². The second-order valence-corrected chi connectivity index (χ2v) is 9.83. The Balaban J connectivity index is 1.60. The number of hydrogen-bond acceptors (Lipinski definition) is 4. The van der Waals surface area contributed by atoms with E-state index in [1.807, 2.05) is 44.2 Å². The number of benzene rings is 3. The van der Waals surface area contributed by atoms with Gasteiger partial charge in [-0.15, -0.1) is 10.2 Å². The molecule has 0 aliphatic carbocycles. The maximum atomic E-state index is 13.2. The van der Waals surface area contributed by atoms with E-state index in [-0.39, 0.29) is 17.9 Å². The van der Waals surface area contributed by atoms with Crippen molar-refractivity contribution in [1.29, 1.82) is 0 Å². The minimum Gasteiger partial charge on any atom is -0.346 e. The Morgan fingerprint density at radius 1 is 0.943 bits per heavy atom. The lowest BCUT2D eigenvalue weighted by atomic mass is 9.95. The zero-order valence-electron chi connectivity index (χ0n) is 20.7. The van der Waals surface area contributed by atoms with Crippen LogP contribution >= 0.6 is 11.8 Å². The lowest BCUT2D eigenvalue weighted by Gasteiger charge is -2.20. The maximum Gasteiger partial charge on any atom is 0.228 e. The molecule has 0 spiro atoms. The summed E-state index contributed by atoms with van der Waals surface area (Å²) in [6.45, 7) is 8.18. The SMILES string of the molecule is CCC(C(=O)NC(C)c1nnc(SCc2cccc(C)c2)n1-c1ccc(C)cc1)c1ccccc1. The fourth-order valence-electron chi connectivity index (χ4n) is 4.18. The molecule has 0 bridgehead atoms. The normalized spacial score (nSPS) is 12.8. The van der Waals surface area contributed by atoms with E-state index in [4.69, 9.17) is 0 Å². The Hall–Kier alpha value is -3.38. The molecule has 0 aliphatic heterocycles. The van der Waals surface area contributed by atoms with Gasteiger partial charge in [-0.3, -0.25) is 9.36 Å². The Morgan fingerprint density at radius 2 is 1.69 bits per heavy atom. The Bertz CT molecular complexity index is 1270. The molecule has 6 heteroatoms. The molecule has 4 aromatic rings. The first-order valence-corrected chi connectivity index (χ1v) is 13.0. The fourth-order valence-corrected chi connectivity index (χ4v) is 5.08. The highest BCUT2D eigenvalue weighted by molar-refractivity contribution is 7.98. The van der Waals surface area contributed by atoms with Crippen LogP contribution in [0.2, 0.25) is 0 Å². The summed E-state index contributed by atoms with van der Waals surface area (Å²) in [5.41, 5.74) is 5.68. The average molecular weight is 485 g/mol. The molecule has 3 aromatic carbocycles. The average Bonchev–Trinajstić information content (AvgIpc) is 3.28. The van der Waals surface area contributed by atoms with Crippen LogP contribution in [0.3, 0.4) is 0 Å². The molecule has 1 amide bonds. The second-order valence-electron chi connectivity index (χ2n) is 8.89. The maximum absolute atomic E-state index is 13.2. The molecule has 1 N–H and O–H groups in total. The summed E-state index contributed by atoms with van der Waals surface area (Å²) in [4.78, 5) is 13.2. The zero-order valence-corrected chi connectivity index (χ0v) is 21.5. The van der Waals surface area contributed by atoms with E-state index in [0.717, 1.165) is 34.4 Å². The molecule has 0 saturated heterocycles. The quantitative estimate of drug-likeness (QED) is 0.274. The number of carbonyl (C=O) groups is 1. The highest BCUT2D eigenvalue weighted by Gasteiger charge is 2.25. The van der Waals surface area contributed by atoms with Gasteiger partial charge in [0.05, 0.1) is 12.0 Å². The van der Waals surface area contributed by atoms with E-state index in [0.29, 0.717) is 0 Å². The van der Waals surface area contributed by atoms with E-state index in [2.05, 4.69) is 82.5 Å². The minimum atomic E-state index is -0.303. The summed E-state index contributed by atoms with van der Waals surface area (Å²) in [6.07, 6.45) is 0.727. The molecule has 4 rings (SSSR count). The van der Waals surface area contributed by atoms with E-state index >= 15 is 0 Å². The van der Waals surface area contributed by atoms with Gasteiger partial charge in [-0.1, -0.05) is 96.5 Å². The zero-order chi connectivity index (χ0) is 24.8. The first-order chi connectivity index (χ1) is 17.0. The van der Waals surface area contributed by atoms with Gasteiger partial charge in [0, 0.05) is 11.4 Å². The van der Waals surface area contributed by atoms with Crippen LogP contribution in [0, 0.1) is 13.8 Å². The Morgan fingerprint density at radius 3 is 2.37 bits per heavy atom. The Labute approximate surface area is 212 Å². The first kappa shape index (κ1) is 24.7. The fraction of sp³-hybridized carbons (Fsp3) is 0.276. The first-order valence-electron chi connectivity index (χ1n) is 12.0. The molecule has 0 saturated carbocycles. The van der Waals surface area contributed by atoms with Gasteiger partial charge in [-0.05, 0) is 50.5 Å². The van der Waals surface area contributed by atoms with Crippen molar-refractivity contribution in [3.8, 4) is 5.69 Å². The smallest absolute Gasteiger partial charge is 0.228 e. The van der Waals surface area contributed by atoms with Crippen molar-refractivity contribution in [3.63, 3.8) is 0 Å². The summed E-state index contributed by atoms with van der Waals surface area (Å²) >= 11 is 1.65. The molecule has 1 heterocycles. The number of aromatic nitrogens is 3. The molecule has 0 aliphatic rings. The van der Waals surface area contributed by atoms with Gasteiger partial charge in [0.2, 0.25) is 5.91 Å². The van der Waals surface area contributed by atoms with Crippen LogP contribution in [0.5, 0.6) is 0 Å². The summed E-state index contributed by atoms with van der Waals surface area (Å²) in [6, 6.07) is 26.4. The van der Waals surface area contributed by atoms with Gasteiger partial charge in [0.1, 0.15) is 0 Å². The summed E-state index contributed by atoms with van der Waals surface area (Å²) in [7, 11) is 0. The topological polar surface area (TPSA) is 59.8 Å². The van der Waals surface area contributed by atoms with Gasteiger partial charge in [0.15, 0.2) is 11.0 Å². The number of nitrogens with one attached hydrogen (secondary N) is 1. The molecule has 1 aromatic heterocycles. The van der Waals surface area contributed by atoms with Crippen LogP contribution in [-0.4, -0.2) is 20.7 Å². The summed E-state index contributed by atoms with van der Waals surface area (Å²) in [5, 5.41) is 13.1. The van der Waals surface area contributed by atoms with E-state index < -0.39 is 0 Å². The third kappa shape index (κ3) is 6.01. The lowest BCUT2D eigenvalue weighted by molar-refractivity contribution is -0.123. The van der Waals surface area contributed by atoms with Crippen molar-refractivity contribution in [2.75, 3.05) is 0 Å². The van der Waals surface area contributed by atoms with Gasteiger partial charge in [-0.2, -0.15) is 0 Å². The van der Waals surface area contributed by atoms with Gasteiger partial charge in [-0.25, -0.2) is 0 Å². The number of aryl methyl sites for hydroxylation is 2. The van der Waals surface area contributed by atoms with Crippen molar-refractivity contribution in [2.24, 2.45) is 0 Å². The highest BCUT2D eigenvalue weighted by atomic mass is 32.2. The second kappa shape index (κ2) is 11.4. The van der Waals surface area contributed by atoms with Gasteiger partial charge in [0.25, 0.3) is 0 Å². The van der Waals surface area contributed by atoms with Crippen molar-refractivity contribution in [2.45, 2.75) is 57.0 Å². The van der Waals surface area contributed by atoms with Crippen molar-refractivity contribution in [3.05, 3.63) is 107 Å². The van der Waals surface area contributed by atoms with Crippen LogP contribution < -0.4 is 5.32 Å². The number of thioether (sulfide) groups is 1. The predicted octanol–water partition coefficient (Wildman–Crippen LogP) is 6.55. The van der Waals surface area contributed by atoms with Crippen molar-refractivity contribution < 1.29 is 4.79 Å². The number of carbonyl (C=O) groups excluding carboxylic acids is 1. The van der Waals surface area contributed by atoms with Crippen LogP contribution in [0.25, 0.3) is 5.69 Å². The van der Waals surface area contributed by atoms with Crippen molar-refractivity contribution in [1.82, 2.24) is 20.1 Å². The molecular weight excluding hydrogens is 452 g/mol. The van der Waals surface area contributed by atoms with Crippen LogP contribution in [-0.2, 0) is 10.5 Å². The molecule has 0 radical (unpaired) electrons. The summed E-state index contributed by atoms with van der Waals surface area (Å²) < 4.78 is 2.06. The van der Waals surface area contributed by atoms with Gasteiger partial charge >= 0.3 is 0 Å². The highest BCUT2D eigenvalue weighted by Crippen LogP contribution is 2.29. The lowest BCUT2D eigenvalue weighted by Crippen LogP contribution is -2.32. The van der Waals surface area contributed by atoms with Gasteiger partial charge < -0.3 is 5.32 Å². The molecule has 0 fully saturated rings. The third-order valence-corrected chi connectivity index (χ3v) is 7.07. The molecule has 35 heavy (non-hydrogen) atoms. The number of amides is 1. The number of nitrogens with zero attached hydrogens (tertiary/aromatic N) is 3. The van der Waals surface area contributed by atoms with Crippen molar-refractivity contribution >= 4 is 17.7 Å². The molecule has 2 unspecified atom stereocenters. The number of hydrogen-bond donors (Lipinski definition) is 1. The number of rotatable bonds is 9. The predicted molar refractivity (Wildman–Crippen MR) is 143 cm³/mol. The minimum absolute atomic E-state index is 0.00128. The molecular formula is C29H32N4OS. The summed E-state index contributed by atoms with van der Waals surface area (Å²) in [5.74, 6) is 1.30. The van der Waals surface area contributed by atoms with Crippen LogP contribution in [0.15, 0.2) is 84.0 Å². The van der Waals surface area contributed by atoms with E-state index in [9.17, 15) is 4.79 Å². The standard InChI is InChI=1S/C29H32N4OS/c1-5-26(24-12-7-6-8-13-24)28(34)30-22(4)27-31-32-29(33(27)25-16-14-20(2)15-17-25)35-19-23-11-9-10-21(3)18-23/h6-18,22,26H,5,19H2,1-4H3,(H,30,34). The monoisotopic (exact) mass is 484 g/mol. The Kier molecular flexibility index (Phi) is 8.03. The molecule has 180 valence electrons. The third-order valence-electron chi connectivity index (χ3n) is 6.07.